The lowest BCUT2D eigenvalue weighted by molar-refractivity contribution is 0.221. The van der Waals surface area contributed by atoms with Gasteiger partial charge in [0, 0.05) is 17.8 Å². The van der Waals surface area contributed by atoms with Crippen LogP contribution in [0, 0.1) is 0 Å². The Bertz CT molecular complexity index is 750. The van der Waals surface area contributed by atoms with Gasteiger partial charge in [-0.15, -0.1) is 0 Å². The van der Waals surface area contributed by atoms with Gasteiger partial charge in [-0.25, -0.2) is 0 Å². The van der Waals surface area contributed by atoms with Crippen LogP contribution in [-0.4, -0.2) is 16.7 Å². The van der Waals surface area contributed by atoms with Crippen LogP contribution in [0.4, 0.5) is 0 Å². The lowest BCUT2D eigenvalue weighted by atomic mass is 9.97. The molecule has 3 rings (SSSR count). The van der Waals surface area contributed by atoms with Crippen LogP contribution in [0.1, 0.15) is 24.2 Å². The topological polar surface area (TPSA) is 42.4 Å². The number of ether oxygens (including phenoxy) is 1. The largest absolute Gasteiger partial charge is 0.494 e. The van der Waals surface area contributed by atoms with Crippen LogP contribution in [-0.2, 0) is 0 Å². The summed E-state index contributed by atoms with van der Waals surface area (Å²) >= 11 is 0. The number of nitrogens with zero attached hydrogens (tertiary/aromatic N) is 1. The molecular formula is C18H17NO2. The van der Waals surface area contributed by atoms with Gasteiger partial charge in [-0.3, -0.25) is 4.98 Å². The smallest absolute Gasteiger partial charge is 0.119 e. The molecule has 0 spiro atoms. The molecule has 2 aromatic carbocycles. The first kappa shape index (κ1) is 13.6. The quantitative estimate of drug-likeness (QED) is 0.791. The van der Waals surface area contributed by atoms with Crippen molar-refractivity contribution in [3.05, 3.63) is 72.1 Å². The van der Waals surface area contributed by atoms with Crippen molar-refractivity contribution in [3.63, 3.8) is 0 Å². The molecule has 0 amide bonds. The number of aliphatic hydroxyl groups is 1. The maximum absolute atomic E-state index is 10.7. The SMILES string of the molecule is CCOc1cccc(C(O)c2cccc3ccncc23)c1. The van der Waals surface area contributed by atoms with E-state index < -0.39 is 6.10 Å². The third kappa shape index (κ3) is 2.73. The highest BCUT2D eigenvalue weighted by Crippen LogP contribution is 2.29. The van der Waals surface area contributed by atoms with Crippen LogP contribution >= 0.6 is 0 Å². The van der Waals surface area contributed by atoms with E-state index in [9.17, 15) is 5.11 Å². The van der Waals surface area contributed by atoms with E-state index in [1.165, 1.54) is 0 Å². The van der Waals surface area contributed by atoms with Crippen LogP contribution in [0.2, 0.25) is 0 Å². The van der Waals surface area contributed by atoms with E-state index in [2.05, 4.69) is 4.98 Å². The summed E-state index contributed by atoms with van der Waals surface area (Å²) in [6.45, 7) is 2.55. The van der Waals surface area contributed by atoms with E-state index in [1.807, 2.05) is 55.5 Å². The van der Waals surface area contributed by atoms with Crippen molar-refractivity contribution in [3.8, 4) is 5.75 Å². The summed E-state index contributed by atoms with van der Waals surface area (Å²) in [4.78, 5) is 4.16. The van der Waals surface area contributed by atoms with Gasteiger partial charge in [0.1, 0.15) is 11.9 Å². The highest BCUT2D eigenvalue weighted by Gasteiger charge is 2.14. The van der Waals surface area contributed by atoms with Crippen molar-refractivity contribution in [2.45, 2.75) is 13.0 Å². The third-order valence-corrected chi connectivity index (χ3v) is 3.50. The van der Waals surface area contributed by atoms with E-state index >= 15 is 0 Å². The normalized spacial score (nSPS) is 12.3. The molecule has 3 aromatic rings. The molecule has 1 unspecified atom stereocenters. The molecule has 21 heavy (non-hydrogen) atoms. The van der Waals surface area contributed by atoms with Crippen molar-refractivity contribution in [1.82, 2.24) is 4.98 Å². The first-order valence-corrected chi connectivity index (χ1v) is 7.03. The van der Waals surface area contributed by atoms with Gasteiger partial charge in [-0.1, -0.05) is 30.3 Å². The van der Waals surface area contributed by atoms with Gasteiger partial charge in [-0.05, 0) is 41.6 Å². The minimum atomic E-state index is -0.696. The molecule has 106 valence electrons. The van der Waals surface area contributed by atoms with Crippen LogP contribution < -0.4 is 4.74 Å². The summed E-state index contributed by atoms with van der Waals surface area (Å²) in [5, 5.41) is 12.7. The van der Waals surface area contributed by atoms with Crippen molar-refractivity contribution >= 4 is 10.8 Å². The van der Waals surface area contributed by atoms with E-state index in [0.29, 0.717) is 6.61 Å². The van der Waals surface area contributed by atoms with E-state index in [-0.39, 0.29) is 0 Å². The van der Waals surface area contributed by atoms with Gasteiger partial charge >= 0.3 is 0 Å². The molecular weight excluding hydrogens is 262 g/mol. The van der Waals surface area contributed by atoms with Gasteiger partial charge < -0.3 is 9.84 Å². The number of aromatic nitrogens is 1. The van der Waals surface area contributed by atoms with Crippen molar-refractivity contribution in [1.29, 1.82) is 0 Å². The monoisotopic (exact) mass is 279 g/mol. The summed E-state index contributed by atoms with van der Waals surface area (Å²) in [6.07, 6.45) is 2.85. The number of benzene rings is 2. The molecule has 0 aliphatic rings. The Morgan fingerprint density at radius 3 is 2.86 bits per heavy atom. The first-order chi connectivity index (χ1) is 10.3. The lowest BCUT2D eigenvalue weighted by Gasteiger charge is -2.15. The Morgan fingerprint density at radius 1 is 1.14 bits per heavy atom. The number of aliphatic hydroxyl groups excluding tert-OH is 1. The van der Waals surface area contributed by atoms with E-state index in [1.54, 1.807) is 12.4 Å². The molecule has 1 atom stereocenters. The maximum Gasteiger partial charge on any atom is 0.119 e. The Hall–Kier alpha value is -2.39. The molecule has 0 aliphatic heterocycles. The van der Waals surface area contributed by atoms with Gasteiger partial charge in [0.25, 0.3) is 0 Å². The number of hydrogen-bond acceptors (Lipinski definition) is 3. The van der Waals surface area contributed by atoms with Crippen LogP contribution in [0.25, 0.3) is 10.8 Å². The summed E-state index contributed by atoms with van der Waals surface area (Å²) in [5.41, 5.74) is 1.67. The fraction of sp³-hybridized carbons (Fsp3) is 0.167. The molecule has 0 radical (unpaired) electrons. The van der Waals surface area contributed by atoms with Crippen LogP contribution in [0.15, 0.2) is 60.9 Å². The predicted octanol–water partition coefficient (Wildman–Crippen LogP) is 3.72. The molecule has 1 N–H and O–H groups in total. The Morgan fingerprint density at radius 2 is 2.00 bits per heavy atom. The van der Waals surface area contributed by atoms with Crippen LogP contribution in [0.3, 0.4) is 0 Å². The van der Waals surface area contributed by atoms with Crippen molar-refractivity contribution < 1.29 is 9.84 Å². The molecule has 3 heteroatoms. The van der Waals surface area contributed by atoms with Crippen molar-refractivity contribution in [2.75, 3.05) is 6.61 Å². The fourth-order valence-electron chi connectivity index (χ4n) is 2.50. The fourth-order valence-corrected chi connectivity index (χ4v) is 2.50. The summed E-state index contributed by atoms with van der Waals surface area (Å²) in [6, 6.07) is 15.4. The second-order valence-electron chi connectivity index (χ2n) is 4.85. The number of hydrogen-bond donors (Lipinski definition) is 1. The molecule has 0 bridgehead atoms. The Kier molecular flexibility index (Phi) is 3.84. The van der Waals surface area contributed by atoms with Gasteiger partial charge in [0.05, 0.1) is 6.61 Å². The average molecular weight is 279 g/mol. The predicted molar refractivity (Wildman–Crippen MR) is 83.4 cm³/mol. The first-order valence-electron chi connectivity index (χ1n) is 7.03. The third-order valence-electron chi connectivity index (χ3n) is 3.50. The molecule has 0 fully saturated rings. The summed E-state index contributed by atoms with van der Waals surface area (Å²) < 4.78 is 5.50. The summed E-state index contributed by atoms with van der Waals surface area (Å²) in [7, 11) is 0. The molecule has 3 nitrogen and oxygen atoms in total. The average Bonchev–Trinajstić information content (AvgIpc) is 2.54. The van der Waals surface area contributed by atoms with Gasteiger partial charge in [0.2, 0.25) is 0 Å². The maximum atomic E-state index is 10.7. The molecule has 0 aliphatic carbocycles. The standard InChI is InChI=1S/C18H17NO2/c1-2-21-15-7-3-6-14(11-15)18(20)16-8-4-5-13-9-10-19-12-17(13)16/h3-12,18,20H,2H2,1H3. The highest BCUT2D eigenvalue weighted by molar-refractivity contribution is 5.85. The zero-order valence-electron chi connectivity index (χ0n) is 11.9. The molecule has 1 aromatic heterocycles. The number of fused-ring (bicyclic) bond motifs is 1. The lowest BCUT2D eigenvalue weighted by Crippen LogP contribution is -2.01. The minimum absolute atomic E-state index is 0.609. The molecule has 1 heterocycles. The summed E-state index contributed by atoms with van der Waals surface area (Å²) in [5.74, 6) is 0.771. The second kappa shape index (κ2) is 5.94. The highest BCUT2D eigenvalue weighted by atomic mass is 16.5. The zero-order valence-corrected chi connectivity index (χ0v) is 11.9. The van der Waals surface area contributed by atoms with Gasteiger partial charge in [0.15, 0.2) is 0 Å². The van der Waals surface area contributed by atoms with Crippen molar-refractivity contribution in [2.24, 2.45) is 0 Å². The second-order valence-corrected chi connectivity index (χ2v) is 4.85. The van der Waals surface area contributed by atoms with E-state index in [4.69, 9.17) is 4.74 Å². The molecule has 0 saturated heterocycles. The molecule has 0 saturated carbocycles. The Balaban J connectivity index is 2.04. The minimum Gasteiger partial charge on any atom is -0.494 e. The van der Waals surface area contributed by atoms with Crippen LogP contribution in [0.5, 0.6) is 5.75 Å². The number of rotatable bonds is 4. The Labute approximate surface area is 123 Å². The number of pyridine rings is 1. The zero-order chi connectivity index (χ0) is 14.7. The van der Waals surface area contributed by atoms with E-state index in [0.717, 1.165) is 27.6 Å². The van der Waals surface area contributed by atoms with Gasteiger partial charge in [-0.2, -0.15) is 0 Å².